The molecule has 0 spiro atoms. The van der Waals surface area contributed by atoms with Crippen molar-refractivity contribution in [2.24, 2.45) is 5.41 Å². The van der Waals surface area contributed by atoms with E-state index in [1.807, 2.05) is 54.9 Å². The van der Waals surface area contributed by atoms with Gasteiger partial charge < -0.3 is 5.32 Å². The third-order valence-corrected chi connectivity index (χ3v) is 5.53. The number of allylic oxidation sites excluding steroid dienone is 4. The lowest BCUT2D eigenvalue weighted by atomic mass is 9.75. The number of ketones is 1. The number of pyridine rings is 1. The van der Waals surface area contributed by atoms with Gasteiger partial charge in [-0.15, -0.1) is 0 Å². The number of fused-ring (bicyclic) bond motifs is 1. The lowest BCUT2D eigenvalue weighted by Gasteiger charge is -2.29. The van der Waals surface area contributed by atoms with Gasteiger partial charge in [0.15, 0.2) is 5.78 Å². The van der Waals surface area contributed by atoms with Crippen LogP contribution in [0.2, 0.25) is 0 Å². The standard InChI is InChI=1S/C22H19N2OS/c1-3-22(2)11-17(16-8-9-26-14-16)10-19(21(22)25)24-20-13-23-12-15-6-4-5-7-18(15)20/h4-14,24H,2-3H2,1H3. The van der Waals surface area contributed by atoms with Crippen LogP contribution in [0.15, 0.2) is 71.3 Å². The normalized spacial score (nSPS) is 20.0. The quantitative estimate of drug-likeness (QED) is 0.670. The van der Waals surface area contributed by atoms with Crippen LogP contribution in [0.4, 0.5) is 5.69 Å². The van der Waals surface area contributed by atoms with E-state index < -0.39 is 5.41 Å². The number of anilines is 1. The van der Waals surface area contributed by atoms with Crippen LogP contribution in [0.3, 0.4) is 0 Å². The Morgan fingerprint density at radius 1 is 1.23 bits per heavy atom. The van der Waals surface area contributed by atoms with Crippen LogP contribution in [0.1, 0.15) is 18.9 Å². The Kier molecular flexibility index (Phi) is 4.21. The fourth-order valence-corrected chi connectivity index (χ4v) is 3.87. The van der Waals surface area contributed by atoms with Crippen LogP contribution < -0.4 is 5.32 Å². The summed E-state index contributed by atoms with van der Waals surface area (Å²) in [7, 11) is 0. The molecule has 26 heavy (non-hydrogen) atoms. The molecule has 0 amide bonds. The lowest BCUT2D eigenvalue weighted by Crippen LogP contribution is -2.32. The molecule has 1 radical (unpaired) electrons. The first-order chi connectivity index (χ1) is 12.6. The topological polar surface area (TPSA) is 42.0 Å². The molecule has 2 aromatic heterocycles. The van der Waals surface area contributed by atoms with Crippen LogP contribution in [0.25, 0.3) is 16.3 Å². The van der Waals surface area contributed by atoms with E-state index in [1.165, 1.54) is 0 Å². The summed E-state index contributed by atoms with van der Waals surface area (Å²) in [4.78, 5) is 17.4. The number of aromatic nitrogens is 1. The molecule has 3 nitrogen and oxygen atoms in total. The van der Waals surface area contributed by atoms with Gasteiger partial charge in [-0.05, 0) is 47.4 Å². The number of nitrogens with one attached hydrogen (secondary N) is 1. The van der Waals surface area contributed by atoms with Gasteiger partial charge >= 0.3 is 0 Å². The van der Waals surface area contributed by atoms with E-state index in [1.54, 1.807) is 17.5 Å². The molecule has 1 N–H and O–H groups in total. The fourth-order valence-electron chi connectivity index (χ4n) is 3.21. The van der Waals surface area contributed by atoms with Crippen LogP contribution in [0.5, 0.6) is 0 Å². The molecule has 1 aromatic carbocycles. The SMILES string of the molecule is [CH2]C1(CC)C=C(c2ccsc2)C=C(Nc2cncc3ccccc23)C1=O. The predicted molar refractivity (Wildman–Crippen MR) is 109 cm³/mol. The Morgan fingerprint density at radius 2 is 2.08 bits per heavy atom. The first kappa shape index (κ1) is 16.7. The number of carbonyl (C=O) groups excluding carboxylic acids is 1. The Hall–Kier alpha value is -2.72. The monoisotopic (exact) mass is 359 g/mol. The van der Waals surface area contributed by atoms with Gasteiger partial charge in [0, 0.05) is 17.0 Å². The maximum absolute atomic E-state index is 13.1. The van der Waals surface area contributed by atoms with Crippen LogP contribution >= 0.6 is 11.3 Å². The van der Waals surface area contributed by atoms with Crippen molar-refractivity contribution in [1.29, 1.82) is 0 Å². The van der Waals surface area contributed by atoms with Crippen LogP contribution in [0, 0.1) is 12.3 Å². The summed E-state index contributed by atoms with van der Waals surface area (Å²) in [5.41, 5.74) is 2.76. The highest BCUT2D eigenvalue weighted by atomic mass is 32.1. The van der Waals surface area contributed by atoms with Crippen molar-refractivity contribution in [3.05, 3.63) is 83.8 Å². The number of Topliss-reactive ketones (excluding diaryl/α,β-unsaturated/α-hetero) is 1. The van der Waals surface area contributed by atoms with Gasteiger partial charge in [-0.25, -0.2) is 0 Å². The minimum Gasteiger partial charge on any atom is -0.351 e. The second-order valence-electron chi connectivity index (χ2n) is 6.54. The molecule has 0 aliphatic heterocycles. The average molecular weight is 359 g/mol. The third-order valence-electron chi connectivity index (χ3n) is 4.85. The smallest absolute Gasteiger partial charge is 0.188 e. The molecule has 0 bridgehead atoms. The van der Waals surface area contributed by atoms with Gasteiger partial charge in [-0.2, -0.15) is 11.3 Å². The molecule has 4 heteroatoms. The van der Waals surface area contributed by atoms with E-state index in [-0.39, 0.29) is 5.78 Å². The summed E-state index contributed by atoms with van der Waals surface area (Å²) in [6, 6.07) is 10.1. The predicted octanol–water partition coefficient (Wildman–Crippen LogP) is 5.49. The van der Waals surface area contributed by atoms with E-state index in [9.17, 15) is 4.79 Å². The molecular formula is C22H19N2OS. The van der Waals surface area contributed by atoms with Crippen LogP contribution in [-0.4, -0.2) is 10.8 Å². The average Bonchev–Trinajstić information content (AvgIpc) is 3.20. The minimum atomic E-state index is -0.758. The molecular weight excluding hydrogens is 340 g/mol. The second kappa shape index (κ2) is 6.54. The molecule has 0 saturated carbocycles. The molecule has 4 rings (SSSR count). The Balaban J connectivity index is 1.79. The number of nitrogens with zero attached hydrogens (tertiary/aromatic N) is 1. The fraction of sp³-hybridized carbons (Fsp3) is 0.136. The van der Waals surface area contributed by atoms with Crippen molar-refractivity contribution in [3.8, 4) is 0 Å². The van der Waals surface area contributed by atoms with Gasteiger partial charge in [0.2, 0.25) is 0 Å². The van der Waals surface area contributed by atoms with E-state index in [0.717, 1.165) is 27.6 Å². The zero-order valence-electron chi connectivity index (χ0n) is 14.5. The number of benzene rings is 1. The van der Waals surface area contributed by atoms with Gasteiger partial charge in [-0.3, -0.25) is 9.78 Å². The van der Waals surface area contributed by atoms with E-state index in [4.69, 9.17) is 0 Å². The molecule has 1 atom stereocenters. The Bertz CT molecular complexity index is 1030. The largest absolute Gasteiger partial charge is 0.351 e. The Morgan fingerprint density at radius 3 is 2.85 bits per heavy atom. The number of thiophene rings is 1. The highest BCUT2D eigenvalue weighted by Gasteiger charge is 2.35. The van der Waals surface area contributed by atoms with Gasteiger partial charge in [0.25, 0.3) is 0 Å². The van der Waals surface area contributed by atoms with E-state index in [0.29, 0.717) is 12.1 Å². The van der Waals surface area contributed by atoms with E-state index in [2.05, 4.69) is 28.7 Å². The van der Waals surface area contributed by atoms with Crippen molar-refractivity contribution < 1.29 is 4.79 Å². The molecule has 2 heterocycles. The van der Waals surface area contributed by atoms with Gasteiger partial charge in [0.05, 0.1) is 23.0 Å². The third kappa shape index (κ3) is 2.86. The Labute approximate surface area is 157 Å². The molecule has 0 fully saturated rings. The summed E-state index contributed by atoms with van der Waals surface area (Å²) in [6.45, 7) is 6.22. The van der Waals surface area contributed by atoms with Crippen molar-refractivity contribution in [2.75, 3.05) is 5.32 Å². The summed E-state index contributed by atoms with van der Waals surface area (Å²) in [5.74, 6) is 0.00640. The molecule has 129 valence electrons. The number of carbonyl (C=O) groups is 1. The molecule has 1 aliphatic rings. The summed E-state index contributed by atoms with van der Waals surface area (Å²) in [6.07, 6.45) is 8.14. The highest BCUT2D eigenvalue weighted by molar-refractivity contribution is 7.08. The zero-order valence-corrected chi connectivity index (χ0v) is 15.3. The van der Waals surface area contributed by atoms with Crippen molar-refractivity contribution in [2.45, 2.75) is 13.3 Å². The highest BCUT2D eigenvalue weighted by Crippen LogP contribution is 2.38. The summed E-state index contributed by atoms with van der Waals surface area (Å²) >= 11 is 1.64. The molecule has 3 aromatic rings. The van der Waals surface area contributed by atoms with Crippen molar-refractivity contribution in [1.82, 2.24) is 4.98 Å². The number of hydrogen-bond acceptors (Lipinski definition) is 4. The lowest BCUT2D eigenvalue weighted by molar-refractivity contribution is -0.120. The molecule has 1 aliphatic carbocycles. The number of hydrogen-bond donors (Lipinski definition) is 1. The van der Waals surface area contributed by atoms with E-state index >= 15 is 0 Å². The van der Waals surface area contributed by atoms with Crippen LogP contribution in [-0.2, 0) is 4.79 Å². The maximum Gasteiger partial charge on any atom is 0.188 e. The second-order valence-corrected chi connectivity index (χ2v) is 7.32. The minimum absolute atomic E-state index is 0.00640. The first-order valence-electron chi connectivity index (χ1n) is 8.58. The maximum atomic E-state index is 13.1. The van der Waals surface area contributed by atoms with Crippen molar-refractivity contribution in [3.63, 3.8) is 0 Å². The molecule has 0 saturated heterocycles. The summed E-state index contributed by atoms with van der Waals surface area (Å²) < 4.78 is 0. The number of rotatable bonds is 4. The summed E-state index contributed by atoms with van der Waals surface area (Å²) in [5, 5.41) is 9.53. The van der Waals surface area contributed by atoms with Gasteiger partial charge in [-0.1, -0.05) is 37.3 Å². The molecule has 1 unspecified atom stereocenters. The first-order valence-corrected chi connectivity index (χ1v) is 9.52. The van der Waals surface area contributed by atoms with Crippen molar-refractivity contribution >= 4 is 39.2 Å². The zero-order chi connectivity index (χ0) is 18.1. The van der Waals surface area contributed by atoms with Gasteiger partial charge in [0.1, 0.15) is 0 Å².